The molecule has 0 saturated heterocycles. The van der Waals surface area contributed by atoms with E-state index in [1.54, 1.807) is 0 Å². The molecule has 0 saturated carbocycles. The van der Waals surface area contributed by atoms with Gasteiger partial charge in [-0.1, -0.05) is 0 Å². The first-order chi connectivity index (χ1) is 16.2. The Kier molecular flexibility index (Phi) is 9.48. The van der Waals surface area contributed by atoms with E-state index in [1.807, 2.05) is 0 Å². The molecule has 0 bridgehead atoms. The third kappa shape index (κ3) is 5.18. The predicted molar refractivity (Wildman–Crippen MR) is 87.4 cm³/mol. The number of aliphatic carboxylic acids is 1. The minimum Gasteiger partial charge on any atom is -0.480 e. The number of halogens is 17. The summed E-state index contributed by atoms with van der Waals surface area (Å²) in [4.78, 5) is 11.5. The molecule has 0 amide bonds. The van der Waals surface area contributed by atoms with Crippen LogP contribution in [0, 0.1) is 0 Å². The zero-order chi connectivity index (χ0) is 31.4. The first kappa shape index (κ1) is 36.1. The van der Waals surface area contributed by atoms with Crippen LogP contribution in [0.5, 0.6) is 0 Å². The monoisotopic (exact) mass is 628 g/mol. The van der Waals surface area contributed by atoms with E-state index in [-0.39, 0.29) is 0 Å². The molecule has 0 aliphatic heterocycles. The van der Waals surface area contributed by atoms with Gasteiger partial charge in [-0.3, -0.25) is 4.79 Å². The van der Waals surface area contributed by atoms with Gasteiger partial charge in [-0.2, -0.15) is 78.9 Å². The largest absolute Gasteiger partial charge is 0.480 e. The average Bonchev–Trinajstić information content (AvgIpc) is 2.68. The minimum absolute atomic E-state index is 0.826. The molecular weight excluding hydrogens is 615 g/mol. The van der Waals surface area contributed by atoms with Gasteiger partial charge in [0.15, 0.2) is 0 Å². The van der Waals surface area contributed by atoms with Crippen LogP contribution in [-0.4, -0.2) is 109 Å². The van der Waals surface area contributed by atoms with Gasteiger partial charge in [-0.05, 0) is 14.1 Å². The number of hydrogen-bond donors (Lipinski definition) is 1. The fourth-order valence-corrected chi connectivity index (χ4v) is 3.60. The lowest BCUT2D eigenvalue weighted by molar-refractivity contribution is -0.458. The van der Waals surface area contributed by atoms with Gasteiger partial charge in [0.25, 0.3) is 10.0 Å². The molecular formula is C14H13F17N2O4S. The highest BCUT2D eigenvalue weighted by atomic mass is 32.2. The summed E-state index contributed by atoms with van der Waals surface area (Å²) in [5.74, 6) is -54.8. The molecule has 0 aliphatic carbocycles. The average molecular weight is 628 g/mol. The van der Waals surface area contributed by atoms with Gasteiger partial charge in [0.2, 0.25) is 0 Å². The van der Waals surface area contributed by atoms with E-state index >= 15 is 0 Å². The molecule has 6 nitrogen and oxygen atoms in total. The van der Waals surface area contributed by atoms with Gasteiger partial charge in [0.1, 0.15) is 6.54 Å². The molecule has 0 aliphatic rings. The zero-order valence-electron chi connectivity index (χ0n) is 18.0. The highest BCUT2D eigenvalue weighted by molar-refractivity contribution is 7.90. The normalized spacial score (nSPS) is 15.9. The molecule has 0 rings (SSSR count). The Balaban J connectivity index is 7.07. The van der Waals surface area contributed by atoms with Crippen molar-refractivity contribution in [1.29, 1.82) is 0 Å². The number of likely N-dealkylation sites (N-methyl/N-ethyl adjacent to an activating group) is 1. The van der Waals surface area contributed by atoms with Crippen molar-refractivity contribution < 1.29 is 93.0 Å². The molecule has 228 valence electrons. The van der Waals surface area contributed by atoms with Crippen LogP contribution in [0.1, 0.15) is 0 Å². The quantitative estimate of drug-likeness (QED) is 0.309. The van der Waals surface area contributed by atoms with Crippen LogP contribution in [0.25, 0.3) is 0 Å². The Morgan fingerprint density at radius 1 is 0.605 bits per heavy atom. The van der Waals surface area contributed by atoms with E-state index < -0.39 is 86.9 Å². The number of sulfonamides is 1. The molecule has 1 N–H and O–H groups in total. The Labute approximate surface area is 200 Å². The Hall–Kier alpha value is -1.85. The fraction of sp³-hybridized carbons (Fsp3) is 0.929. The summed E-state index contributed by atoms with van der Waals surface area (Å²) in [5, 5.41) is 0.744. The topological polar surface area (TPSA) is 77.9 Å². The highest BCUT2D eigenvalue weighted by Crippen LogP contribution is 2.64. The van der Waals surface area contributed by atoms with Crippen molar-refractivity contribution in [3.8, 4) is 0 Å². The second-order valence-electron chi connectivity index (χ2n) is 7.50. The van der Waals surface area contributed by atoms with Gasteiger partial charge in [0, 0.05) is 13.1 Å². The molecule has 0 spiro atoms. The minimum atomic E-state index is -8.96. The van der Waals surface area contributed by atoms with Crippen molar-refractivity contribution in [3.05, 3.63) is 0 Å². The Bertz CT molecular complexity index is 978. The van der Waals surface area contributed by atoms with Gasteiger partial charge in [-0.15, -0.1) is 0 Å². The van der Waals surface area contributed by atoms with Crippen LogP contribution < -0.4 is 0 Å². The lowest BCUT2D eigenvalue weighted by Crippen LogP contribution is -2.75. The van der Waals surface area contributed by atoms with Crippen molar-refractivity contribution in [1.82, 2.24) is 9.21 Å². The molecule has 38 heavy (non-hydrogen) atoms. The van der Waals surface area contributed by atoms with Crippen molar-refractivity contribution >= 4 is 16.0 Å². The molecule has 0 fully saturated rings. The second kappa shape index (κ2) is 9.96. The summed E-state index contributed by atoms with van der Waals surface area (Å²) >= 11 is 0. The summed E-state index contributed by atoms with van der Waals surface area (Å²) in [6.07, 6.45) is -7.93. The molecule has 0 aromatic heterocycles. The fourth-order valence-electron chi connectivity index (χ4n) is 2.22. The standard InChI is InChI=1S/C14H13F17N2O4S/c1-32(2)3-4-33(5-6(34)35)38(36,37)14(30,31)12(25,26)10(21,22)8(17,18)7(15,16)9(19,20)11(23,24)13(27,28)29/h3-5H2,1-2H3,(H,34,35). The van der Waals surface area contributed by atoms with Crippen LogP contribution >= 0.6 is 0 Å². The number of carboxylic acids is 1. The summed E-state index contributed by atoms with van der Waals surface area (Å²) in [7, 11) is -5.64. The van der Waals surface area contributed by atoms with Crippen LogP contribution in [0.2, 0.25) is 0 Å². The number of carbonyl (C=O) groups is 1. The van der Waals surface area contributed by atoms with Gasteiger partial charge < -0.3 is 10.0 Å². The van der Waals surface area contributed by atoms with Crippen molar-refractivity contribution in [2.45, 2.75) is 47.0 Å². The van der Waals surface area contributed by atoms with E-state index in [0.29, 0.717) is 0 Å². The number of nitrogens with zero attached hydrogens (tertiary/aromatic N) is 2. The molecule has 0 radical (unpaired) electrons. The smallest absolute Gasteiger partial charge is 0.460 e. The van der Waals surface area contributed by atoms with E-state index in [9.17, 15) is 87.8 Å². The molecule has 0 unspecified atom stereocenters. The van der Waals surface area contributed by atoms with E-state index in [0.717, 1.165) is 19.0 Å². The number of carboxylic acid groups (broad SMARTS) is 1. The van der Waals surface area contributed by atoms with Crippen LogP contribution in [0.4, 0.5) is 74.6 Å². The number of hydrogen-bond acceptors (Lipinski definition) is 4. The lowest BCUT2D eigenvalue weighted by atomic mass is 9.91. The first-order valence-corrected chi connectivity index (χ1v) is 10.2. The predicted octanol–water partition coefficient (Wildman–Crippen LogP) is 4.23. The maximum atomic E-state index is 14.2. The van der Waals surface area contributed by atoms with E-state index in [1.165, 1.54) is 0 Å². The molecule has 0 heterocycles. The zero-order valence-corrected chi connectivity index (χ0v) is 18.8. The third-order valence-corrected chi connectivity index (χ3v) is 6.36. The summed E-state index contributed by atoms with van der Waals surface area (Å²) in [6.45, 7) is -4.77. The molecule has 0 aromatic carbocycles. The van der Waals surface area contributed by atoms with Gasteiger partial charge in [-0.25, -0.2) is 8.42 Å². The Morgan fingerprint density at radius 3 is 1.21 bits per heavy atom. The summed E-state index contributed by atoms with van der Waals surface area (Å²) in [6, 6.07) is 0. The maximum absolute atomic E-state index is 14.2. The Morgan fingerprint density at radius 2 is 0.921 bits per heavy atom. The molecule has 0 aromatic rings. The second-order valence-corrected chi connectivity index (χ2v) is 9.48. The molecule has 0 atom stereocenters. The van der Waals surface area contributed by atoms with Gasteiger partial charge >= 0.3 is 52.9 Å². The highest BCUT2D eigenvalue weighted by Gasteiger charge is 2.96. The van der Waals surface area contributed by atoms with E-state index in [4.69, 9.17) is 5.11 Å². The first-order valence-electron chi connectivity index (χ1n) is 8.81. The van der Waals surface area contributed by atoms with E-state index in [2.05, 4.69) is 0 Å². The van der Waals surface area contributed by atoms with Crippen LogP contribution in [0.3, 0.4) is 0 Å². The van der Waals surface area contributed by atoms with Crippen molar-refractivity contribution in [3.63, 3.8) is 0 Å². The van der Waals surface area contributed by atoms with Crippen molar-refractivity contribution in [2.24, 2.45) is 0 Å². The maximum Gasteiger partial charge on any atom is 0.460 e. The SMILES string of the molecule is CN(C)CCN(CC(=O)O)S(=O)(=O)C(F)(F)C(F)(F)C(F)(F)C(F)(F)C(F)(F)C(F)(F)C(F)(F)C(F)(F)F. The summed E-state index contributed by atoms with van der Waals surface area (Å²) in [5.41, 5.74) is 0. The van der Waals surface area contributed by atoms with Crippen LogP contribution in [-0.2, 0) is 14.8 Å². The van der Waals surface area contributed by atoms with Crippen molar-refractivity contribution in [2.75, 3.05) is 33.7 Å². The van der Waals surface area contributed by atoms with Crippen LogP contribution in [0.15, 0.2) is 0 Å². The number of alkyl halides is 17. The third-order valence-electron chi connectivity index (χ3n) is 4.47. The number of rotatable bonds is 13. The lowest BCUT2D eigenvalue weighted by Gasteiger charge is -2.43. The molecule has 24 heteroatoms. The van der Waals surface area contributed by atoms with Gasteiger partial charge in [0.05, 0.1) is 0 Å². The summed E-state index contributed by atoms with van der Waals surface area (Å²) < 4.78 is 249.